The SMILES string of the molecule is CCC(C)(CO)NC(=O)CCc1ccc(C2CC2C)o1. The first-order valence-electron chi connectivity index (χ1n) is 7.48. The average molecular weight is 279 g/mol. The summed E-state index contributed by atoms with van der Waals surface area (Å²) >= 11 is 0. The van der Waals surface area contributed by atoms with E-state index in [9.17, 15) is 9.90 Å². The normalized spacial score (nSPS) is 24.2. The Balaban J connectivity index is 1.80. The minimum absolute atomic E-state index is 0.0406. The quantitative estimate of drug-likeness (QED) is 0.806. The number of amides is 1. The Morgan fingerprint density at radius 1 is 1.55 bits per heavy atom. The largest absolute Gasteiger partial charge is 0.466 e. The van der Waals surface area contributed by atoms with Gasteiger partial charge in [0.25, 0.3) is 0 Å². The monoisotopic (exact) mass is 279 g/mol. The fourth-order valence-electron chi connectivity index (χ4n) is 2.32. The van der Waals surface area contributed by atoms with E-state index in [4.69, 9.17) is 4.42 Å². The molecule has 2 rings (SSSR count). The highest BCUT2D eigenvalue weighted by atomic mass is 16.3. The number of carbonyl (C=O) groups excluding carboxylic acids is 1. The van der Waals surface area contributed by atoms with Crippen LogP contribution in [0.25, 0.3) is 0 Å². The number of aliphatic hydroxyl groups is 1. The van der Waals surface area contributed by atoms with Crippen molar-refractivity contribution in [1.29, 1.82) is 0 Å². The summed E-state index contributed by atoms with van der Waals surface area (Å²) in [6, 6.07) is 4.00. The molecule has 1 heterocycles. The maximum atomic E-state index is 11.9. The molecule has 112 valence electrons. The zero-order chi connectivity index (χ0) is 14.8. The van der Waals surface area contributed by atoms with Gasteiger partial charge in [0.15, 0.2) is 0 Å². The third-order valence-corrected chi connectivity index (χ3v) is 4.33. The molecule has 1 fully saturated rings. The first kappa shape index (κ1) is 15.1. The minimum Gasteiger partial charge on any atom is -0.466 e. The Hall–Kier alpha value is -1.29. The Bertz CT molecular complexity index is 462. The molecule has 1 aliphatic rings. The van der Waals surface area contributed by atoms with E-state index in [0.717, 1.165) is 17.4 Å². The summed E-state index contributed by atoms with van der Waals surface area (Å²) in [7, 11) is 0. The highest BCUT2D eigenvalue weighted by Crippen LogP contribution is 2.47. The number of rotatable bonds is 7. The van der Waals surface area contributed by atoms with Gasteiger partial charge in [0.05, 0.1) is 12.1 Å². The van der Waals surface area contributed by atoms with E-state index in [-0.39, 0.29) is 12.5 Å². The summed E-state index contributed by atoms with van der Waals surface area (Å²) < 4.78 is 5.78. The van der Waals surface area contributed by atoms with Crippen molar-refractivity contribution in [3.63, 3.8) is 0 Å². The van der Waals surface area contributed by atoms with E-state index < -0.39 is 5.54 Å². The molecule has 1 saturated carbocycles. The maximum Gasteiger partial charge on any atom is 0.220 e. The van der Waals surface area contributed by atoms with Gasteiger partial charge < -0.3 is 14.8 Å². The molecular weight excluding hydrogens is 254 g/mol. The van der Waals surface area contributed by atoms with Crippen LogP contribution in [0.3, 0.4) is 0 Å². The van der Waals surface area contributed by atoms with Gasteiger partial charge >= 0.3 is 0 Å². The Morgan fingerprint density at radius 2 is 2.25 bits per heavy atom. The fourth-order valence-corrected chi connectivity index (χ4v) is 2.32. The summed E-state index contributed by atoms with van der Waals surface area (Å²) in [5.41, 5.74) is -0.519. The van der Waals surface area contributed by atoms with Crippen LogP contribution in [0, 0.1) is 5.92 Å². The number of furan rings is 1. The molecule has 2 N–H and O–H groups in total. The topological polar surface area (TPSA) is 62.5 Å². The molecule has 0 bridgehead atoms. The molecule has 0 aromatic carbocycles. The lowest BCUT2D eigenvalue weighted by Gasteiger charge is -2.27. The molecule has 3 unspecified atom stereocenters. The van der Waals surface area contributed by atoms with E-state index in [1.807, 2.05) is 26.0 Å². The first-order valence-corrected chi connectivity index (χ1v) is 7.48. The van der Waals surface area contributed by atoms with Gasteiger partial charge in [-0.1, -0.05) is 13.8 Å². The second-order valence-electron chi connectivity index (χ2n) is 6.24. The van der Waals surface area contributed by atoms with Crippen molar-refractivity contribution in [3.8, 4) is 0 Å². The molecule has 3 atom stereocenters. The van der Waals surface area contributed by atoms with Crippen molar-refractivity contribution in [2.45, 2.75) is 57.9 Å². The molecule has 1 amide bonds. The van der Waals surface area contributed by atoms with Gasteiger partial charge in [-0.25, -0.2) is 0 Å². The minimum atomic E-state index is -0.519. The third kappa shape index (κ3) is 3.63. The van der Waals surface area contributed by atoms with Crippen molar-refractivity contribution < 1.29 is 14.3 Å². The van der Waals surface area contributed by atoms with Gasteiger partial charge in [-0.05, 0) is 37.8 Å². The molecule has 0 radical (unpaired) electrons. The number of nitrogens with one attached hydrogen (secondary N) is 1. The molecule has 0 spiro atoms. The van der Waals surface area contributed by atoms with Crippen LogP contribution in [-0.4, -0.2) is 23.2 Å². The maximum absolute atomic E-state index is 11.9. The van der Waals surface area contributed by atoms with Crippen LogP contribution in [0.15, 0.2) is 16.5 Å². The lowest BCUT2D eigenvalue weighted by atomic mass is 10.00. The zero-order valence-corrected chi connectivity index (χ0v) is 12.6. The van der Waals surface area contributed by atoms with Gasteiger partial charge in [0.2, 0.25) is 5.91 Å². The van der Waals surface area contributed by atoms with Gasteiger partial charge in [-0.15, -0.1) is 0 Å². The van der Waals surface area contributed by atoms with Crippen molar-refractivity contribution >= 4 is 5.91 Å². The molecule has 20 heavy (non-hydrogen) atoms. The lowest BCUT2D eigenvalue weighted by molar-refractivity contribution is -0.123. The molecule has 0 saturated heterocycles. The molecule has 1 aromatic rings. The van der Waals surface area contributed by atoms with Crippen LogP contribution in [0.1, 0.15) is 57.5 Å². The van der Waals surface area contributed by atoms with E-state index in [2.05, 4.69) is 12.2 Å². The fraction of sp³-hybridized carbons (Fsp3) is 0.688. The van der Waals surface area contributed by atoms with Gasteiger partial charge in [-0.3, -0.25) is 4.79 Å². The third-order valence-electron chi connectivity index (χ3n) is 4.33. The van der Waals surface area contributed by atoms with Crippen molar-refractivity contribution in [1.82, 2.24) is 5.32 Å². The lowest BCUT2D eigenvalue weighted by Crippen LogP contribution is -2.48. The molecule has 0 aliphatic heterocycles. The van der Waals surface area contributed by atoms with Crippen molar-refractivity contribution in [2.24, 2.45) is 5.92 Å². The van der Waals surface area contributed by atoms with Crippen molar-refractivity contribution in [3.05, 3.63) is 23.7 Å². The predicted molar refractivity (Wildman–Crippen MR) is 77.5 cm³/mol. The number of aliphatic hydroxyl groups excluding tert-OH is 1. The highest BCUT2D eigenvalue weighted by molar-refractivity contribution is 5.76. The number of carbonyl (C=O) groups is 1. The Morgan fingerprint density at radius 3 is 2.80 bits per heavy atom. The van der Waals surface area contributed by atoms with E-state index in [0.29, 0.717) is 25.2 Å². The second kappa shape index (κ2) is 6.00. The van der Waals surface area contributed by atoms with E-state index in [1.165, 1.54) is 6.42 Å². The Kier molecular flexibility index (Phi) is 4.53. The van der Waals surface area contributed by atoms with Crippen LogP contribution in [-0.2, 0) is 11.2 Å². The summed E-state index contributed by atoms with van der Waals surface area (Å²) in [5, 5.41) is 12.2. The summed E-state index contributed by atoms with van der Waals surface area (Å²) in [5.74, 6) is 3.20. The second-order valence-corrected chi connectivity index (χ2v) is 6.24. The van der Waals surface area contributed by atoms with Gasteiger partial charge in [-0.2, -0.15) is 0 Å². The van der Waals surface area contributed by atoms with E-state index in [1.54, 1.807) is 0 Å². The summed E-state index contributed by atoms with van der Waals surface area (Å²) in [6.45, 7) is 5.98. The van der Waals surface area contributed by atoms with Crippen LogP contribution in [0.4, 0.5) is 0 Å². The number of aryl methyl sites for hydroxylation is 1. The molecular formula is C16H25NO3. The average Bonchev–Trinajstić information content (AvgIpc) is 2.99. The first-order chi connectivity index (χ1) is 9.47. The smallest absolute Gasteiger partial charge is 0.220 e. The van der Waals surface area contributed by atoms with Crippen LogP contribution in [0.5, 0.6) is 0 Å². The van der Waals surface area contributed by atoms with Crippen LogP contribution < -0.4 is 5.32 Å². The van der Waals surface area contributed by atoms with Gasteiger partial charge in [0.1, 0.15) is 11.5 Å². The molecule has 1 aromatic heterocycles. The number of hydrogen-bond acceptors (Lipinski definition) is 3. The Labute approximate surface area is 120 Å². The summed E-state index contributed by atoms with van der Waals surface area (Å²) in [6.07, 6.45) is 2.92. The predicted octanol–water partition coefficient (Wildman–Crippen LogP) is 2.61. The molecule has 1 aliphatic carbocycles. The van der Waals surface area contributed by atoms with E-state index >= 15 is 0 Å². The van der Waals surface area contributed by atoms with Crippen molar-refractivity contribution in [2.75, 3.05) is 6.61 Å². The highest BCUT2D eigenvalue weighted by Gasteiger charge is 2.36. The van der Waals surface area contributed by atoms with Crippen LogP contribution >= 0.6 is 0 Å². The van der Waals surface area contributed by atoms with Gasteiger partial charge in [0, 0.05) is 18.8 Å². The standard InChI is InChI=1S/C16H25NO3/c1-4-16(3,10-18)17-15(19)8-6-12-5-7-14(20-12)13-9-11(13)2/h5,7,11,13,18H,4,6,8-10H2,1-3H3,(H,17,19). The zero-order valence-electron chi connectivity index (χ0n) is 12.6. The summed E-state index contributed by atoms with van der Waals surface area (Å²) in [4.78, 5) is 11.9. The molecule has 4 heteroatoms. The molecule has 4 nitrogen and oxygen atoms in total. The number of hydrogen-bond donors (Lipinski definition) is 2. The van der Waals surface area contributed by atoms with Crippen LogP contribution in [0.2, 0.25) is 0 Å².